The van der Waals surface area contributed by atoms with E-state index in [1.807, 2.05) is 61.5 Å². The summed E-state index contributed by atoms with van der Waals surface area (Å²) < 4.78 is 0. The van der Waals surface area contributed by atoms with Crippen molar-refractivity contribution in [2.24, 2.45) is 5.16 Å². The molecule has 1 aliphatic rings. The van der Waals surface area contributed by atoms with Gasteiger partial charge in [-0.15, -0.1) is 0 Å². The van der Waals surface area contributed by atoms with E-state index in [1.165, 1.54) is 12.0 Å². The fourth-order valence-electron chi connectivity index (χ4n) is 4.57. The predicted octanol–water partition coefficient (Wildman–Crippen LogP) is 3.69. The third-order valence-electron chi connectivity index (χ3n) is 6.40. The van der Waals surface area contributed by atoms with Gasteiger partial charge < -0.3 is 20.2 Å². The van der Waals surface area contributed by atoms with Gasteiger partial charge in [0.2, 0.25) is 5.91 Å². The Balaban J connectivity index is 1.56. The smallest absolute Gasteiger partial charge is 0.326 e. The summed E-state index contributed by atoms with van der Waals surface area (Å²) in [5.41, 5.74) is 4.74. The first-order valence-corrected chi connectivity index (χ1v) is 12.0. The van der Waals surface area contributed by atoms with E-state index in [4.69, 9.17) is 4.84 Å². The molecule has 1 fully saturated rings. The summed E-state index contributed by atoms with van der Waals surface area (Å²) >= 11 is 0. The van der Waals surface area contributed by atoms with Gasteiger partial charge in [-0.3, -0.25) is 9.59 Å². The second kappa shape index (κ2) is 11.5. The third kappa shape index (κ3) is 6.03. The lowest BCUT2D eigenvalue weighted by atomic mass is 9.98. The fourth-order valence-corrected chi connectivity index (χ4v) is 4.57. The van der Waals surface area contributed by atoms with Crippen LogP contribution in [0.3, 0.4) is 0 Å². The molecule has 2 amide bonds. The summed E-state index contributed by atoms with van der Waals surface area (Å²) in [5.74, 6) is -2.03. The van der Waals surface area contributed by atoms with Crippen LogP contribution in [0.15, 0.2) is 84.0 Å². The highest BCUT2D eigenvalue weighted by Gasteiger charge is 2.39. The second-order valence-corrected chi connectivity index (χ2v) is 8.98. The topological polar surface area (TPSA) is 108 Å². The molecule has 1 unspecified atom stereocenters. The largest absolute Gasteiger partial charge is 0.480 e. The van der Waals surface area contributed by atoms with E-state index in [9.17, 15) is 19.5 Å². The van der Waals surface area contributed by atoms with Crippen LogP contribution in [0, 0.1) is 6.92 Å². The monoisotopic (exact) mass is 499 g/mol. The molecule has 37 heavy (non-hydrogen) atoms. The van der Waals surface area contributed by atoms with Crippen molar-refractivity contribution in [3.63, 3.8) is 0 Å². The Kier molecular flexibility index (Phi) is 7.98. The van der Waals surface area contributed by atoms with Crippen LogP contribution in [0.1, 0.15) is 27.9 Å². The summed E-state index contributed by atoms with van der Waals surface area (Å²) in [7, 11) is 1.40. The van der Waals surface area contributed by atoms with E-state index in [2.05, 4.69) is 10.5 Å². The van der Waals surface area contributed by atoms with Crippen LogP contribution >= 0.6 is 0 Å². The summed E-state index contributed by atoms with van der Waals surface area (Å²) in [4.78, 5) is 45.1. The van der Waals surface area contributed by atoms with E-state index < -0.39 is 24.0 Å². The number of likely N-dealkylation sites (tertiary alicyclic amines) is 1. The molecule has 1 heterocycles. The van der Waals surface area contributed by atoms with Crippen LogP contribution in [0.4, 0.5) is 0 Å². The highest BCUT2D eigenvalue weighted by molar-refractivity contribution is 6.06. The third-order valence-corrected chi connectivity index (χ3v) is 6.40. The zero-order chi connectivity index (χ0) is 26.4. The molecule has 1 aliphatic heterocycles. The van der Waals surface area contributed by atoms with E-state index >= 15 is 0 Å². The molecule has 0 spiro atoms. The molecular formula is C29H29N3O5. The number of carbonyl (C=O) groups excluding carboxylic acids is 2. The van der Waals surface area contributed by atoms with E-state index in [-0.39, 0.29) is 25.3 Å². The minimum Gasteiger partial charge on any atom is -0.480 e. The van der Waals surface area contributed by atoms with Crippen molar-refractivity contribution in [3.05, 3.63) is 95.6 Å². The molecule has 2 atom stereocenters. The molecule has 0 aliphatic carbocycles. The van der Waals surface area contributed by atoms with Crippen molar-refractivity contribution in [2.75, 3.05) is 13.7 Å². The van der Waals surface area contributed by atoms with Crippen molar-refractivity contribution in [1.82, 2.24) is 10.2 Å². The second-order valence-electron chi connectivity index (χ2n) is 8.98. The van der Waals surface area contributed by atoms with Crippen LogP contribution in [-0.4, -0.2) is 59.2 Å². The summed E-state index contributed by atoms with van der Waals surface area (Å²) in [6.45, 7) is 2.05. The number of amides is 2. The summed E-state index contributed by atoms with van der Waals surface area (Å²) in [5, 5.41) is 16.3. The van der Waals surface area contributed by atoms with Crippen molar-refractivity contribution in [2.45, 2.75) is 31.8 Å². The van der Waals surface area contributed by atoms with E-state index in [0.29, 0.717) is 11.3 Å². The number of carbonyl (C=O) groups is 3. The van der Waals surface area contributed by atoms with Gasteiger partial charge in [0.1, 0.15) is 19.2 Å². The first-order chi connectivity index (χ1) is 17.9. The van der Waals surface area contributed by atoms with Gasteiger partial charge in [0.15, 0.2) is 0 Å². The number of rotatable bonds is 8. The number of aliphatic carboxylic acids is 1. The molecule has 0 bridgehead atoms. The van der Waals surface area contributed by atoms with Gasteiger partial charge in [-0.1, -0.05) is 71.9 Å². The SMILES string of the molecule is CON=C1C[C@@H](C(=O)NC(Cc2ccccc2)C(=O)O)N(C(=O)c2ccc(-c3ccccc3)c(C)c2)C1. The number of carboxylic acid groups (broad SMARTS) is 1. The number of nitrogens with one attached hydrogen (secondary N) is 1. The van der Waals surface area contributed by atoms with Crippen LogP contribution in [0.25, 0.3) is 11.1 Å². The van der Waals surface area contributed by atoms with Gasteiger partial charge in [-0.25, -0.2) is 4.79 Å². The maximum absolute atomic E-state index is 13.6. The molecule has 3 aromatic rings. The molecule has 2 N–H and O–H groups in total. The lowest BCUT2D eigenvalue weighted by Crippen LogP contribution is -2.51. The van der Waals surface area contributed by atoms with Gasteiger partial charge in [-0.2, -0.15) is 0 Å². The molecule has 8 nitrogen and oxygen atoms in total. The minimum atomic E-state index is -1.15. The van der Waals surface area contributed by atoms with Gasteiger partial charge in [0.25, 0.3) is 5.91 Å². The van der Waals surface area contributed by atoms with Gasteiger partial charge in [-0.05, 0) is 41.3 Å². The Morgan fingerprint density at radius 1 is 1.05 bits per heavy atom. The van der Waals surface area contributed by atoms with Crippen molar-refractivity contribution < 1.29 is 24.3 Å². The number of aryl methyl sites for hydroxylation is 1. The molecule has 0 radical (unpaired) electrons. The molecule has 3 aromatic carbocycles. The standard InChI is InChI=1S/C29H29N3O5/c1-19-15-22(13-14-24(19)21-11-7-4-8-12-21)28(34)32-18-23(31-37-2)17-26(32)27(33)30-25(29(35)36)16-20-9-5-3-6-10-20/h3-15,25-26H,16-18H2,1-2H3,(H,30,33)(H,35,36)/t25?,26-/m0/s1. The van der Waals surface area contributed by atoms with E-state index in [1.54, 1.807) is 24.3 Å². The Bertz CT molecular complexity index is 1310. The van der Waals surface area contributed by atoms with Gasteiger partial charge in [0, 0.05) is 18.4 Å². The Hall–Kier alpha value is -4.46. The highest BCUT2D eigenvalue weighted by atomic mass is 16.6. The van der Waals surface area contributed by atoms with E-state index in [0.717, 1.165) is 22.3 Å². The maximum atomic E-state index is 13.6. The minimum absolute atomic E-state index is 0.112. The van der Waals surface area contributed by atoms with Crippen molar-refractivity contribution >= 4 is 23.5 Å². The lowest BCUT2D eigenvalue weighted by molar-refractivity contribution is -0.142. The normalized spacial score (nSPS) is 16.9. The first-order valence-electron chi connectivity index (χ1n) is 12.0. The fraction of sp³-hybridized carbons (Fsp3) is 0.241. The summed E-state index contributed by atoms with van der Waals surface area (Å²) in [6, 6.07) is 22.3. The Morgan fingerprint density at radius 3 is 2.35 bits per heavy atom. The van der Waals surface area contributed by atoms with Gasteiger partial charge in [0.05, 0.1) is 12.3 Å². The number of nitrogens with zero attached hydrogens (tertiary/aromatic N) is 2. The maximum Gasteiger partial charge on any atom is 0.326 e. The number of benzene rings is 3. The van der Waals surface area contributed by atoms with Crippen LogP contribution < -0.4 is 5.32 Å². The highest BCUT2D eigenvalue weighted by Crippen LogP contribution is 2.26. The number of hydrogen-bond donors (Lipinski definition) is 2. The van der Waals surface area contributed by atoms with Crippen LogP contribution in [0.2, 0.25) is 0 Å². The molecule has 190 valence electrons. The van der Waals surface area contributed by atoms with Crippen LogP contribution in [0.5, 0.6) is 0 Å². The molecule has 4 rings (SSSR count). The molecule has 0 saturated carbocycles. The van der Waals surface area contributed by atoms with Gasteiger partial charge >= 0.3 is 5.97 Å². The molecule has 0 aromatic heterocycles. The number of carboxylic acids is 1. The molecule has 1 saturated heterocycles. The zero-order valence-electron chi connectivity index (χ0n) is 20.8. The van der Waals surface area contributed by atoms with Crippen molar-refractivity contribution in [1.29, 1.82) is 0 Å². The number of hydrogen-bond acceptors (Lipinski definition) is 5. The molecular weight excluding hydrogens is 470 g/mol. The number of oxime groups is 1. The van der Waals surface area contributed by atoms with Crippen molar-refractivity contribution in [3.8, 4) is 11.1 Å². The van der Waals surface area contributed by atoms with Crippen LogP contribution in [-0.2, 0) is 20.8 Å². The average Bonchev–Trinajstić information content (AvgIpc) is 3.33. The Labute approximate surface area is 215 Å². The predicted molar refractivity (Wildman–Crippen MR) is 140 cm³/mol. The Morgan fingerprint density at radius 2 is 1.73 bits per heavy atom. The molecule has 8 heteroatoms. The summed E-state index contributed by atoms with van der Waals surface area (Å²) in [6.07, 6.45) is 0.284. The average molecular weight is 500 g/mol. The lowest BCUT2D eigenvalue weighted by Gasteiger charge is -2.25. The zero-order valence-corrected chi connectivity index (χ0v) is 20.8. The first kappa shape index (κ1) is 25.6. The quantitative estimate of drug-likeness (QED) is 0.460.